The number of ether oxygens (including phenoxy) is 2. The van der Waals surface area contributed by atoms with E-state index in [1.165, 1.54) is 0 Å². The van der Waals surface area contributed by atoms with E-state index < -0.39 is 18.2 Å². The van der Waals surface area contributed by atoms with Crippen LogP contribution in [0, 0.1) is 11.8 Å². The molecule has 0 heterocycles. The molecule has 7 atom stereocenters. The highest BCUT2D eigenvalue weighted by atomic mass is 127. The van der Waals surface area contributed by atoms with E-state index in [1.54, 1.807) is 14.0 Å². The highest BCUT2D eigenvalue weighted by molar-refractivity contribution is 14.1. The van der Waals surface area contributed by atoms with Gasteiger partial charge in [-0.05, 0) is 23.3 Å². The summed E-state index contributed by atoms with van der Waals surface area (Å²) in [7, 11) is 1.67. The van der Waals surface area contributed by atoms with Gasteiger partial charge in [0.05, 0.1) is 18.3 Å². The highest BCUT2D eigenvalue weighted by Gasteiger charge is 2.32. The standard InChI is InChI=1S/C20H38INO5/c1-6-15(23)12-17(24)16(22)8-9-18(27-19(25)7-2)14(4)20(26-5)13(3)10-11-21/h10-11,13-18,20,23-24H,6-9,12,22H2,1-5H3/b11-10+/t13-,14+,15-,16+,17+,18+,20-/m1/s1. The Labute approximate surface area is 178 Å². The molecule has 0 aromatic rings. The predicted octanol–water partition coefficient (Wildman–Crippen LogP) is 3.17. The fourth-order valence-corrected chi connectivity index (χ4v) is 3.85. The monoisotopic (exact) mass is 499 g/mol. The lowest BCUT2D eigenvalue weighted by Gasteiger charge is -2.33. The summed E-state index contributed by atoms with van der Waals surface area (Å²) in [6.45, 7) is 7.71. The molecular weight excluding hydrogens is 461 g/mol. The van der Waals surface area contributed by atoms with Crippen molar-refractivity contribution in [2.75, 3.05) is 7.11 Å². The summed E-state index contributed by atoms with van der Waals surface area (Å²) in [6, 6.07) is -0.478. The molecule has 0 saturated heterocycles. The number of nitrogens with two attached hydrogens (primary N) is 1. The van der Waals surface area contributed by atoms with E-state index >= 15 is 0 Å². The Bertz CT molecular complexity index is 435. The van der Waals surface area contributed by atoms with Crippen LogP contribution in [0.5, 0.6) is 0 Å². The van der Waals surface area contributed by atoms with Gasteiger partial charge in [-0.2, -0.15) is 0 Å². The van der Waals surface area contributed by atoms with Gasteiger partial charge in [0.1, 0.15) is 6.10 Å². The second-order valence-electron chi connectivity index (χ2n) is 7.23. The number of carbonyl (C=O) groups is 1. The van der Waals surface area contributed by atoms with Gasteiger partial charge in [0.15, 0.2) is 0 Å². The van der Waals surface area contributed by atoms with Crippen molar-refractivity contribution in [1.82, 2.24) is 0 Å². The summed E-state index contributed by atoms with van der Waals surface area (Å²) < 4.78 is 13.3. The number of aliphatic hydroxyl groups excluding tert-OH is 2. The smallest absolute Gasteiger partial charge is 0.305 e. The van der Waals surface area contributed by atoms with Crippen LogP contribution in [0.25, 0.3) is 0 Å². The number of carbonyl (C=O) groups excluding carboxylic acids is 1. The molecule has 0 aromatic carbocycles. The normalized spacial score (nSPS) is 19.9. The van der Waals surface area contributed by atoms with E-state index in [9.17, 15) is 15.0 Å². The van der Waals surface area contributed by atoms with Crippen molar-refractivity contribution in [1.29, 1.82) is 0 Å². The largest absolute Gasteiger partial charge is 0.462 e. The molecule has 0 saturated carbocycles. The summed E-state index contributed by atoms with van der Waals surface area (Å²) in [4.78, 5) is 11.9. The molecule has 0 aliphatic carbocycles. The Morgan fingerprint density at radius 3 is 2.33 bits per heavy atom. The zero-order valence-corrected chi connectivity index (χ0v) is 19.5. The van der Waals surface area contributed by atoms with Crippen LogP contribution in [0.1, 0.15) is 59.8 Å². The minimum absolute atomic E-state index is 0.0290. The van der Waals surface area contributed by atoms with E-state index in [0.29, 0.717) is 25.7 Å². The van der Waals surface area contributed by atoms with Gasteiger partial charge in [0.25, 0.3) is 0 Å². The van der Waals surface area contributed by atoms with E-state index in [1.807, 2.05) is 17.9 Å². The van der Waals surface area contributed by atoms with E-state index in [-0.39, 0.29) is 36.4 Å². The third kappa shape index (κ3) is 10.2. The molecule has 0 amide bonds. The topological polar surface area (TPSA) is 102 Å². The van der Waals surface area contributed by atoms with Crippen LogP contribution in [-0.2, 0) is 14.3 Å². The predicted molar refractivity (Wildman–Crippen MR) is 117 cm³/mol. The number of halogens is 1. The van der Waals surface area contributed by atoms with Crippen molar-refractivity contribution in [2.24, 2.45) is 17.6 Å². The third-order valence-electron chi connectivity index (χ3n) is 5.11. The summed E-state index contributed by atoms with van der Waals surface area (Å²) >= 11 is 2.18. The first-order valence-electron chi connectivity index (χ1n) is 9.82. The Kier molecular flexibility index (Phi) is 14.6. The van der Waals surface area contributed by atoms with Gasteiger partial charge in [-0.3, -0.25) is 4.79 Å². The molecule has 0 unspecified atom stereocenters. The van der Waals surface area contributed by atoms with Gasteiger partial charge in [-0.15, -0.1) is 0 Å². The van der Waals surface area contributed by atoms with Crippen LogP contribution >= 0.6 is 22.6 Å². The zero-order valence-electron chi connectivity index (χ0n) is 17.3. The molecule has 0 radical (unpaired) electrons. The average molecular weight is 499 g/mol. The summed E-state index contributed by atoms with van der Waals surface area (Å²) in [5.41, 5.74) is 6.10. The van der Waals surface area contributed by atoms with E-state index in [0.717, 1.165) is 0 Å². The first kappa shape index (κ1) is 26.8. The summed E-state index contributed by atoms with van der Waals surface area (Å²) in [5, 5.41) is 19.9. The van der Waals surface area contributed by atoms with Crippen LogP contribution in [0.15, 0.2) is 10.2 Å². The van der Waals surface area contributed by atoms with Crippen LogP contribution in [-0.4, -0.2) is 53.7 Å². The molecule has 0 aliphatic heterocycles. The van der Waals surface area contributed by atoms with Crippen molar-refractivity contribution < 1.29 is 24.5 Å². The minimum Gasteiger partial charge on any atom is -0.462 e. The molecule has 160 valence electrons. The lowest BCUT2D eigenvalue weighted by Crippen LogP contribution is -2.41. The molecular formula is C20H38INO5. The fourth-order valence-electron chi connectivity index (χ4n) is 3.19. The van der Waals surface area contributed by atoms with Crippen molar-refractivity contribution in [3.05, 3.63) is 10.2 Å². The SMILES string of the molecule is CCC(=O)O[C@@H](CC[C@H](N)[C@@H](O)C[C@H](O)CC)[C@H](C)[C@H](OC)[C@H](C)/C=C/I. The fraction of sp³-hybridized carbons (Fsp3) is 0.850. The maximum atomic E-state index is 11.9. The summed E-state index contributed by atoms with van der Waals surface area (Å²) in [5.74, 6) is -0.114. The first-order valence-corrected chi connectivity index (χ1v) is 11.1. The van der Waals surface area contributed by atoms with Crippen molar-refractivity contribution in [3.63, 3.8) is 0 Å². The molecule has 0 bridgehead atoms. The molecule has 4 N–H and O–H groups in total. The van der Waals surface area contributed by atoms with Crippen molar-refractivity contribution in [2.45, 2.75) is 90.3 Å². The third-order valence-corrected chi connectivity index (χ3v) is 5.52. The van der Waals surface area contributed by atoms with Gasteiger partial charge in [-0.25, -0.2) is 0 Å². The Hall–Kier alpha value is -0.220. The molecule has 0 rings (SSSR count). The summed E-state index contributed by atoms with van der Waals surface area (Å²) in [6.07, 6.45) is 2.45. The minimum atomic E-state index is -0.781. The number of aliphatic hydroxyl groups is 2. The van der Waals surface area contributed by atoms with Gasteiger partial charge < -0.3 is 25.4 Å². The van der Waals surface area contributed by atoms with Gasteiger partial charge in [0, 0.05) is 37.8 Å². The lowest BCUT2D eigenvalue weighted by atomic mass is 9.86. The maximum Gasteiger partial charge on any atom is 0.305 e. The average Bonchev–Trinajstić information content (AvgIpc) is 2.64. The second kappa shape index (κ2) is 14.7. The number of methoxy groups -OCH3 is 1. The highest BCUT2D eigenvalue weighted by Crippen LogP contribution is 2.26. The first-order chi connectivity index (χ1) is 12.7. The van der Waals surface area contributed by atoms with Crippen molar-refractivity contribution >= 4 is 28.6 Å². The number of esters is 1. The maximum absolute atomic E-state index is 11.9. The quantitative estimate of drug-likeness (QED) is 0.251. The van der Waals surface area contributed by atoms with Crippen molar-refractivity contribution in [3.8, 4) is 0 Å². The Morgan fingerprint density at radius 2 is 1.85 bits per heavy atom. The molecule has 0 spiro atoms. The van der Waals surface area contributed by atoms with Crippen LogP contribution in [0.2, 0.25) is 0 Å². The van der Waals surface area contributed by atoms with Gasteiger partial charge in [0.2, 0.25) is 0 Å². The molecule has 7 heteroatoms. The second-order valence-corrected chi connectivity index (χ2v) is 7.94. The van der Waals surface area contributed by atoms with Crippen LogP contribution in [0.4, 0.5) is 0 Å². The molecule has 0 aliphatic rings. The molecule has 0 fully saturated rings. The number of hydrogen-bond donors (Lipinski definition) is 3. The Balaban J connectivity index is 5.05. The number of hydrogen-bond acceptors (Lipinski definition) is 6. The van der Waals surface area contributed by atoms with Gasteiger partial charge in [-0.1, -0.05) is 56.4 Å². The number of rotatable bonds is 14. The molecule has 27 heavy (non-hydrogen) atoms. The lowest BCUT2D eigenvalue weighted by molar-refractivity contribution is -0.155. The Morgan fingerprint density at radius 1 is 1.22 bits per heavy atom. The zero-order chi connectivity index (χ0) is 21.0. The van der Waals surface area contributed by atoms with E-state index in [4.69, 9.17) is 15.2 Å². The van der Waals surface area contributed by atoms with Crippen LogP contribution < -0.4 is 5.73 Å². The molecule has 0 aromatic heterocycles. The molecule has 6 nitrogen and oxygen atoms in total. The van der Waals surface area contributed by atoms with Gasteiger partial charge >= 0.3 is 5.97 Å². The van der Waals surface area contributed by atoms with E-state index in [2.05, 4.69) is 35.6 Å². The van der Waals surface area contributed by atoms with Crippen LogP contribution in [0.3, 0.4) is 0 Å².